The van der Waals surface area contributed by atoms with Crippen LogP contribution in [0.2, 0.25) is 0 Å². The molecule has 0 saturated carbocycles. The quantitative estimate of drug-likeness (QED) is 0.0485. The van der Waals surface area contributed by atoms with Gasteiger partial charge in [0.25, 0.3) is 10.1 Å². The van der Waals surface area contributed by atoms with Crippen molar-refractivity contribution in [2.24, 2.45) is 0 Å². The Morgan fingerprint density at radius 2 is 0.891 bits per heavy atom. The lowest BCUT2D eigenvalue weighted by atomic mass is 10.0. The van der Waals surface area contributed by atoms with Gasteiger partial charge in [0, 0.05) is 13.7 Å². The second kappa shape index (κ2) is 34.6. The van der Waals surface area contributed by atoms with Crippen LogP contribution in [0.5, 0.6) is 0 Å². The Morgan fingerprint density at radius 3 is 1.26 bits per heavy atom. The third-order valence-corrected chi connectivity index (χ3v) is 10.3. The lowest BCUT2D eigenvalue weighted by Crippen LogP contribution is -2.29. The van der Waals surface area contributed by atoms with Gasteiger partial charge in [-0.1, -0.05) is 142 Å². The van der Waals surface area contributed by atoms with E-state index in [1.54, 1.807) is 7.11 Å². The summed E-state index contributed by atoms with van der Waals surface area (Å²) >= 11 is 0. The minimum absolute atomic E-state index is 0.0258. The van der Waals surface area contributed by atoms with Crippen molar-refractivity contribution in [2.45, 2.75) is 167 Å². The smallest absolute Gasteiger partial charge is 0.264 e. The molecule has 10 heteroatoms. The summed E-state index contributed by atoms with van der Waals surface area (Å²) in [6.07, 6.45) is 29.6. The Bertz CT molecular complexity index is 817. The van der Waals surface area contributed by atoms with Crippen molar-refractivity contribution in [3.63, 3.8) is 0 Å². The summed E-state index contributed by atoms with van der Waals surface area (Å²) in [5, 5.41) is 0. The van der Waals surface area contributed by atoms with Crippen LogP contribution in [0.15, 0.2) is 0 Å². The Labute approximate surface area is 287 Å². The molecule has 1 unspecified atom stereocenters. The molecule has 0 rings (SSSR count). The number of rotatable bonds is 34. The fourth-order valence-corrected chi connectivity index (χ4v) is 7.24. The van der Waals surface area contributed by atoms with Gasteiger partial charge < -0.3 is 14.4 Å². The molecule has 0 fully saturated rings. The molecule has 280 valence electrons. The molecule has 0 aromatic heterocycles. The molecule has 0 N–H and O–H groups in total. The largest absolute Gasteiger partial charge is 0.379 e. The summed E-state index contributed by atoms with van der Waals surface area (Å²) in [6, 6.07) is 0. The van der Waals surface area contributed by atoms with E-state index in [4.69, 9.17) is 13.7 Å². The van der Waals surface area contributed by atoms with E-state index in [0.29, 0.717) is 19.6 Å². The zero-order valence-electron chi connectivity index (χ0n) is 31.2. The summed E-state index contributed by atoms with van der Waals surface area (Å²) in [5.41, 5.74) is 0. The zero-order valence-corrected chi connectivity index (χ0v) is 32.8. The minimum Gasteiger partial charge on any atom is -0.379 e. The minimum atomic E-state index is -3.33. The molecule has 1 atom stereocenters. The van der Waals surface area contributed by atoms with Crippen molar-refractivity contribution in [3.8, 4) is 0 Å². The molecule has 0 bridgehead atoms. The van der Waals surface area contributed by atoms with E-state index in [1.165, 1.54) is 96.3 Å². The molecule has 8 nitrogen and oxygen atoms in total. The summed E-state index contributed by atoms with van der Waals surface area (Å²) in [6.45, 7) is 3.54. The van der Waals surface area contributed by atoms with Gasteiger partial charge in [-0.15, -0.1) is 0 Å². The molecule has 0 aromatic rings. The van der Waals surface area contributed by atoms with E-state index in [0.717, 1.165) is 57.6 Å². The second-order valence-corrected chi connectivity index (χ2v) is 17.4. The molecule has 0 aliphatic rings. The van der Waals surface area contributed by atoms with Crippen molar-refractivity contribution >= 4 is 20.0 Å². The van der Waals surface area contributed by atoms with Crippen molar-refractivity contribution < 1.29 is 30.5 Å². The SMILES string of the molecule is CCCCCCCCCCCCCCCCCCOCC(CS(=O)(=O)CCCCCCCCCCOS(C)(=O)=O)OC.CN(C)C. The maximum atomic E-state index is 12.5. The zero-order chi connectivity index (χ0) is 34.8. The molecular weight excluding hydrogens is 623 g/mol. The average molecular weight is 700 g/mol. The first-order valence-electron chi connectivity index (χ1n) is 18.7. The molecule has 0 saturated heterocycles. The first kappa shape index (κ1) is 47.9. The van der Waals surface area contributed by atoms with Crippen LogP contribution >= 0.6 is 0 Å². The summed E-state index contributed by atoms with van der Waals surface area (Å²) in [5.74, 6) is 0.229. The molecule has 0 aliphatic heterocycles. The van der Waals surface area contributed by atoms with Crippen LogP contribution in [0.3, 0.4) is 0 Å². The highest BCUT2D eigenvalue weighted by molar-refractivity contribution is 7.91. The molecule has 0 heterocycles. The van der Waals surface area contributed by atoms with Crippen LogP contribution in [0, 0.1) is 0 Å². The fourth-order valence-electron chi connectivity index (χ4n) is 5.21. The topological polar surface area (TPSA) is 99.2 Å². The van der Waals surface area contributed by atoms with E-state index in [2.05, 4.69) is 6.92 Å². The van der Waals surface area contributed by atoms with Crippen molar-refractivity contribution in [1.82, 2.24) is 4.90 Å². The van der Waals surface area contributed by atoms with E-state index >= 15 is 0 Å². The van der Waals surface area contributed by atoms with E-state index < -0.39 is 26.1 Å². The van der Waals surface area contributed by atoms with Gasteiger partial charge in [0.05, 0.1) is 37.1 Å². The molecule has 0 aromatic carbocycles. The van der Waals surface area contributed by atoms with Crippen LogP contribution in [0.1, 0.15) is 161 Å². The number of methoxy groups -OCH3 is 1. The Kier molecular flexibility index (Phi) is 36.0. The van der Waals surface area contributed by atoms with E-state index in [1.807, 2.05) is 26.0 Å². The highest BCUT2D eigenvalue weighted by Gasteiger charge is 2.19. The Morgan fingerprint density at radius 1 is 0.543 bits per heavy atom. The van der Waals surface area contributed by atoms with Crippen LogP contribution < -0.4 is 0 Å². The summed E-state index contributed by atoms with van der Waals surface area (Å²) in [4.78, 5) is 2.00. The monoisotopic (exact) mass is 700 g/mol. The van der Waals surface area contributed by atoms with Gasteiger partial charge in [-0.05, 0) is 40.4 Å². The maximum absolute atomic E-state index is 12.5. The lowest BCUT2D eigenvalue weighted by molar-refractivity contribution is 0.0190. The number of nitrogens with zero attached hydrogens (tertiary/aromatic N) is 1. The number of sulfone groups is 1. The van der Waals surface area contributed by atoms with Gasteiger partial charge in [-0.3, -0.25) is 4.18 Å². The summed E-state index contributed by atoms with van der Waals surface area (Å²) in [7, 11) is 1.07. The number of ether oxygens (including phenoxy) is 2. The first-order chi connectivity index (χ1) is 21.9. The lowest BCUT2D eigenvalue weighted by Gasteiger charge is -2.16. The Hall–Kier alpha value is -0.260. The number of hydrogen-bond acceptors (Lipinski definition) is 8. The Balaban J connectivity index is 0. The van der Waals surface area contributed by atoms with Gasteiger partial charge in [0.2, 0.25) is 0 Å². The highest BCUT2D eigenvalue weighted by Crippen LogP contribution is 2.14. The second-order valence-electron chi connectivity index (χ2n) is 13.5. The molecular formula is C36H77NO7S2. The maximum Gasteiger partial charge on any atom is 0.264 e. The van der Waals surface area contributed by atoms with E-state index in [-0.39, 0.29) is 18.1 Å². The summed E-state index contributed by atoms with van der Waals surface area (Å²) < 4.78 is 62.7. The van der Waals surface area contributed by atoms with Gasteiger partial charge >= 0.3 is 0 Å². The first-order valence-corrected chi connectivity index (χ1v) is 22.3. The van der Waals surface area contributed by atoms with Crippen molar-refractivity contribution in [3.05, 3.63) is 0 Å². The normalized spacial score (nSPS) is 12.8. The van der Waals surface area contributed by atoms with Crippen molar-refractivity contribution in [1.29, 1.82) is 0 Å². The molecule has 0 spiro atoms. The standard InChI is InChI=1S/C33H68O7S2.C3H9N/c1-4-5-6-7-8-9-10-11-12-13-14-15-16-19-22-25-28-39-31-33(38-2)32-42(36,37)30-27-24-21-18-17-20-23-26-29-40-41(3,34)35;1-4(2)3/h33H,4-32H2,1-3H3;1-3H3. The number of unbranched alkanes of at least 4 members (excludes halogenated alkanes) is 22. The van der Waals surface area contributed by atoms with Crippen LogP contribution in [-0.4, -0.2) is 93.7 Å². The van der Waals surface area contributed by atoms with Gasteiger partial charge in [0.15, 0.2) is 9.84 Å². The van der Waals surface area contributed by atoms with Gasteiger partial charge in [-0.25, -0.2) is 8.42 Å². The molecule has 46 heavy (non-hydrogen) atoms. The highest BCUT2D eigenvalue weighted by atomic mass is 32.2. The molecule has 0 amide bonds. The van der Waals surface area contributed by atoms with E-state index in [9.17, 15) is 16.8 Å². The average Bonchev–Trinajstić information content (AvgIpc) is 2.97. The number of hydrogen-bond donors (Lipinski definition) is 0. The molecule has 0 radical (unpaired) electrons. The van der Waals surface area contributed by atoms with Crippen molar-refractivity contribution in [2.75, 3.05) is 65.8 Å². The third-order valence-electron chi connectivity index (χ3n) is 7.87. The van der Waals surface area contributed by atoms with Crippen LogP contribution in [0.4, 0.5) is 0 Å². The predicted molar refractivity (Wildman–Crippen MR) is 197 cm³/mol. The molecule has 0 aliphatic carbocycles. The van der Waals surface area contributed by atoms with Crippen LogP contribution in [0.25, 0.3) is 0 Å². The third kappa shape index (κ3) is 43.7. The predicted octanol–water partition coefficient (Wildman–Crippen LogP) is 8.97. The van der Waals surface area contributed by atoms with Gasteiger partial charge in [-0.2, -0.15) is 8.42 Å². The van der Waals surface area contributed by atoms with Gasteiger partial charge in [0.1, 0.15) is 0 Å². The fraction of sp³-hybridized carbons (Fsp3) is 1.00. The van der Waals surface area contributed by atoms with Crippen LogP contribution in [-0.2, 0) is 33.6 Å².